The van der Waals surface area contributed by atoms with Crippen molar-refractivity contribution in [2.75, 3.05) is 39.4 Å². The summed E-state index contributed by atoms with van der Waals surface area (Å²) in [5.41, 5.74) is 3.29. The number of fused-ring (bicyclic) bond motifs is 1. The van der Waals surface area contributed by atoms with E-state index in [-0.39, 0.29) is 11.9 Å². The molecule has 3 saturated heterocycles. The van der Waals surface area contributed by atoms with Crippen molar-refractivity contribution >= 4 is 5.91 Å². The third kappa shape index (κ3) is 3.62. The van der Waals surface area contributed by atoms with Crippen LogP contribution in [0.2, 0.25) is 0 Å². The number of nitrogens with zero attached hydrogens (tertiary/aromatic N) is 2. The van der Waals surface area contributed by atoms with E-state index in [2.05, 4.69) is 46.0 Å². The van der Waals surface area contributed by atoms with Crippen LogP contribution in [0.4, 0.5) is 0 Å². The summed E-state index contributed by atoms with van der Waals surface area (Å²) in [6.45, 7) is 8.24. The Morgan fingerprint density at radius 3 is 2.69 bits per heavy atom. The minimum Gasteiger partial charge on any atom is -0.381 e. The molecule has 0 bridgehead atoms. The number of ether oxygens (including phenoxy) is 1. The fourth-order valence-electron chi connectivity index (χ4n) is 5.72. The Morgan fingerprint density at radius 1 is 1.10 bits per heavy atom. The predicted molar refractivity (Wildman–Crippen MR) is 113 cm³/mol. The van der Waals surface area contributed by atoms with Gasteiger partial charge < -0.3 is 19.5 Å². The average Bonchev–Trinajstić information content (AvgIpc) is 3.45. The number of benzene rings is 1. The number of hydrogen-bond acceptors (Lipinski definition) is 3. The molecule has 5 rings (SSSR count). The average molecular weight is 394 g/mol. The summed E-state index contributed by atoms with van der Waals surface area (Å²) >= 11 is 0. The van der Waals surface area contributed by atoms with Crippen LogP contribution >= 0.6 is 0 Å². The quantitative estimate of drug-likeness (QED) is 0.865. The molecule has 0 radical (unpaired) electrons. The second kappa shape index (κ2) is 7.96. The number of amides is 1. The molecule has 4 heterocycles. The Hall–Kier alpha value is -2.11. The van der Waals surface area contributed by atoms with Crippen LogP contribution in [-0.2, 0) is 4.74 Å². The molecule has 1 aromatic carbocycles. The minimum absolute atomic E-state index is 0.133. The Labute approximate surface area is 173 Å². The predicted octanol–water partition coefficient (Wildman–Crippen LogP) is 3.49. The summed E-state index contributed by atoms with van der Waals surface area (Å²) in [7, 11) is 0. The Balaban J connectivity index is 1.39. The van der Waals surface area contributed by atoms with Gasteiger partial charge in [-0.25, -0.2) is 0 Å². The number of hydrogen-bond donors (Lipinski definition) is 1. The molecular weight excluding hydrogens is 362 g/mol. The Kier molecular flexibility index (Phi) is 5.18. The molecule has 0 aliphatic carbocycles. The summed E-state index contributed by atoms with van der Waals surface area (Å²) in [6.07, 6.45) is 4.21. The normalized spacial score (nSPS) is 28.0. The zero-order chi connectivity index (χ0) is 19.8. The lowest BCUT2D eigenvalue weighted by atomic mass is 9.87. The van der Waals surface area contributed by atoms with Crippen molar-refractivity contribution in [1.29, 1.82) is 0 Å². The number of carbonyl (C=O) groups is 1. The van der Waals surface area contributed by atoms with Crippen LogP contribution in [-0.4, -0.2) is 60.1 Å². The Morgan fingerprint density at radius 2 is 1.93 bits per heavy atom. The maximum Gasteiger partial charge on any atom is 0.270 e. The van der Waals surface area contributed by atoms with Gasteiger partial charge in [0.05, 0.1) is 6.04 Å². The number of H-pyrrole nitrogens is 1. The molecular formula is C24H31N3O2. The van der Waals surface area contributed by atoms with Gasteiger partial charge in [-0.2, -0.15) is 0 Å². The van der Waals surface area contributed by atoms with E-state index in [0.717, 1.165) is 38.8 Å². The second-order valence-corrected chi connectivity index (χ2v) is 9.04. The van der Waals surface area contributed by atoms with Gasteiger partial charge in [-0.15, -0.1) is 0 Å². The first kappa shape index (κ1) is 18.9. The van der Waals surface area contributed by atoms with E-state index >= 15 is 0 Å². The van der Waals surface area contributed by atoms with Gasteiger partial charge in [0.2, 0.25) is 0 Å². The molecule has 0 unspecified atom stereocenters. The Bertz CT molecular complexity index is 844. The van der Waals surface area contributed by atoms with E-state index in [9.17, 15) is 4.79 Å². The molecule has 154 valence electrons. The molecule has 0 spiro atoms. The van der Waals surface area contributed by atoms with E-state index in [0.29, 0.717) is 17.5 Å². The minimum atomic E-state index is 0.133. The number of likely N-dealkylation sites (tertiary alicyclic amines) is 2. The zero-order valence-electron chi connectivity index (χ0n) is 17.2. The van der Waals surface area contributed by atoms with E-state index in [1.54, 1.807) is 0 Å². The largest absolute Gasteiger partial charge is 0.381 e. The molecule has 1 N–H and O–H groups in total. The van der Waals surface area contributed by atoms with Crippen molar-refractivity contribution in [3.05, 3.63) is 59.4 Å². The maximum absolute atomic E-state index is 13.3. The summed E-state index contributed by atoms with van der Waals surface area (Å²) in [6, 6.07) is 12.6. The van der Waals surface area contributed by atoms with Gasteiger partial charge in [0.25, 0.3) is 5.91 Å². The van der Waals surface area contributed by atoms with E-state index in [4.69, 9.17) is 4.74 Å². The molecule has 5 nitrogen and oxygen atoms in total. The fourth-order valence-corrected chi connectivity index (χ4v) is 5.72. The summed E-state index contributed by atoms with van der Waals surface area (Å²) in [5.74, 6) is 1.96. The first-order valence-electron chi connectivity index (χ1n) is 11.0. The first-order chi connectivity index (χ1) is 14.2. The van der Waals surface area contributed by atoms with E-state index < -0.39 is 0 Å². The molecule has 1 amide bonds. The molecule has 29 heavy (non-hydrogen) atoms. The lowest BCUT2D eigenvalue weighted by Gasteiger charge is -2.32. The molecule has 2 aromatic rings. The molecule has 5 heteroatoms. The smallest absolute Gasteiger partial charge is 0.270 e. The molecule has 3 aliphatic heterocycles. The topological polar surface area (TPSA) is 48.6 Å². The van der Waals surface area contributed by atoms with Gasteiger partial charge in [-0.1, -0.05) is 24.3 Å². The molecule has 3 atom stereocenters. The van der Waals surface area contributed by atoms with Crippen LogP contribution in [0.1, 0.15) is 40.5 Å². The van der Waals surface area contributed by atoms with Gasteiger partial charge in [-0.3, -0.25) is 4.79 Å². The number of aromatic nitrogens is 1. The van der Waals surface area contributed by atoms with E-state index in [1.165, 1.54) is 30.5 Å². The molecule has 1 aromatic heterocycles. The van der Waals surface area contributed by atoms with E-state index in [1.807, 2.05) is 18.3 Å². The van der Waals surface area contributed by atoms with Crippen LogP contribution in [0.15, 0.2) is 42.6 Å². The van der Waals surface area contributed by atoms with Gasteiger partial charge in [0.15, 0.2) is 0 Å². The van der Waals surface area contributed by atoms with Crippen LogP contribution in [0.3, 0.4) is 0 Å². The lowest BCUT2D eigenvalue weighted by molar-refractivity contribution is 0.0521. The van der Waals surface area contributed by atoms with Gasteiger partial charge in [-0.05, 0) is 54.9 Å². The van der Waals surface area contributed by atoms with Crippen LogP contribution in [0.5, 0.6) is 0 Å². The highest BCUT2D eigenvalue weighted by molar-refractivity contribution is 5.93. The first-order valence-corrected chi connectivity index (χ1v) is 11.0. The van der Waals surface area contributed by atoms with Crippen molar-refractivity contribution in [1.82, 2.24) is 14.8 Å². The number of aryl methyl sites for hydroxylation is 1. The summed E-state index contributed by atoms with van der Waals surface area (Å²) in [4.78, 5) is 21.2. The molecule has 3 aliphatic rings. The van der Waals surface area contributed by atoms with Gasteiger partial charge >= 0.3 is 0 Å². The van der Waals surface area contributed by atoms with Crippen LogP contribution in [0, 0.1) is 24.7 Å². The van der Waals surface area contributed by atoms with Gasteiger partial charge in [0, 0.05) is 51.5 Å². The number of aromatic amines is 1. The zero-order valence-corrected chi connectivity index (χ0v) is 17.2. The highest BCUT2D eigenvalue weighted by Crippen LogP contribution is 2.46. The summed E-state index contributed by atoms with van der Waals surface area (Å²) < 4.78 is 5.54. The second-order valence-electron chi connectivity index (χ2n) is 9.04. The SMILES string of the molecule is Cc1ccccc1[C@@H]1[C@H]2CN(CC3CCOCC3)C[C@H]2CN1C(=O)c1ccc[nH]1. The van der Waals surface area contributed by atoms with Crippen LogP contribution in [0.25, 0.3) is 0 Å². The highest BCUT2D eigenvalue weighted by atomic mass is 16.5. The van der Waals surface area contributed by atoms with Crippen molar-refractivity contribution in [2.24, 2.45) is 17.8 Å². The standard InChI is InChI=1S/C24H31N3O2/c1-17-5-2-3-6-20(17)23-21-16-26(13-18-8-11-29-12-9-18)14-19(21)15-27(23)24(28)22-7-4-10-25-22/h2-7,10,18-19,21,23,25H,8-9,11-16H2,1H3/t19-,21-,23+/m0/s1. The van der Waals surface area contributed by atoms with Crippen molar-refractivity contribution < 1.29 is 9.53 Å². The maximum atomic E-state index is 13.3. The third-order valence-corrected chi connectivity index (χ3v) is 7.19. The molecule has 3 fully saturated rings. The number of carbonyl (C=O) groups excluding carboxylic acids is 1. The highest BCUT2D eigenvalue weighted by Gasteiger charge is 2.49. The number of nitrogens with one attached hydrogen (secondary N) is 1. The third-order valence-electron chi connectivity index (χ3n) is 7.19. The monoisotopic (exact) mass is 393 g/mol. The van der Waals surface area contributed by atoms with Crippen molar-refractivity contribution in [2.45, 2.75) is 25.8 Å². The van der Waals surface area contributed by atoms with Gasteiger partial charge in [0.1, 0.15) is 5.69 Å². The number of rotatable bonds is 4. The fraction of sp³-hybridized carbons (Fsp3) is 0.542. The molecule has 0 saturated carbocycles. The van der Waals surface area contributed by atoms with Crippen LogP contribution < -0.4 is 0 Å². The lowest BCUT2D eigenvalue weighted by Crippen LogP contribution is -2.37. The summed E-state index contributed by atoms with van der Waals surface area (Å²) in [5, 5.41) is 0. The van der Waals surface area contributed by atoms with Crippen molar-refractivity contribution in [3.63, 3.8) is 0 Å². The van der Waals surface area contributed by atoms with Crippen molar-refractivity contribution in [3.8, 4) is 0 Å².